The fraction of sp³-hybridized carbons (Fsp3) is 0.0556. The van der Waals surface area contributed by atoms with Crippen molar-refractivity contribution in [2.45, 2.75) is 0 Å². The Bertz CT molecular complexity index is 1000. The topological polar surface area (TPSA) is 93.8 Å². The molecule has 0 atom stereocenters. The molecule has 0 unspecified atom stereocenters. The van der Waals surface area contributed by atoms with E-state index in [9.17, 15) is 19.5 Å². The molecule has 2 aromatic carbocycles. The molecule has 6 nitrogen and oxygen atoms in total. The summed E-state index contributed by atoms with van der Waals surface area (Å²) in [6.07, 6.45) is 0. The van der Waals surface area contributed by atoms with E-state index >= 15 is 0 Å². The molecule has 0 bridgehead atoms. The SMILES string of the molecule is COC(=O)c1cc(=O)oc2ccc(C(=O)c3ccccc3)c(O)c12. The van der Waals surface area contributed by atoms with Crippen LogP contribution in [0, 0.1) is 0 Å². The second kappa shape index (κ2) is 6.00. The summed E-state index contributed by atoms with van der Waals surface area (Å²) in [6, 6.07) is 12.0. The Kier molecular flexibility index (Phi) is 3.87. The van der Waals surface area contributed by atoms with Gasteiger partial charge in [-0.25, -0.2) is 9.59 Å². The van der Waals surface area contributed by atoms with Crippen molar-refractivity contribution in [1.82, 2.24) is 0 Å². The van der Waals surface area contributed by atoms with Gasteiger partial charge in [0.05, 0.1) is 23.6 Å². The third kappa shape index (κ3) is 2.54. The van der Waals surface area contributed by atoms with Crippen molar-refractivity contribution in [1.29, 1.82) is 0 Å². The van der Waals surface area contributed by atoms with Gasteiger partial charge in [-0.05, 0) is 12.1 Å². The summed E-state index contributed by atoms with van der Waals surface area (Å²) < 4.78 is 9.61. The number of hydrogen-bond acceptors (Lipinski definition) is 6. The monoisotopic (exact) mass is 324 g/mol. The van der Waals surface area contributed by atoms with Crippen LogP contribution >= 0.6 is 0 Å². The first-order valence-corrected chi connectivity index (χ1v) is 7.01. The number of carbonyl (C=O) groups is 2. The van der Waals surface area contributed by atoms with Crippen LogP contribution in [0.25, 0.3) is 11.0 Å². The maximum Gasteiger partial charge on any atom is 0.339 e. The van der Waals surface area contributed by atoms with Crippen LogP contribution in [-0.4, -0.2) is 24.0 Å². The lowest BCUT2D eigenvalue weighted by Crippen LogP contribution is -2.09. The minimum Gasteiger partial charge on any atom is -0.506 e. The van der Waals surface area contributed by atoms with E-state index in [0.29, 0.717) is 5.56 Å². The summed E-state index contributed by atoms with van der Waals surface area (Å²) in [4.78, 5) is 36.0. The lowest BCUT2D eigenvalue weighted by Gasteiger charge is -2.09. The van der Waals surface area contributed by atoms with Crippen LogP contribution in [0.5, 0.6) is 5.75 Å². The van der Waals surface area contributed by atoms with Crippen LogP contribution in [-0.2, 0) is 4.74 Å². The van der Waals surface area contributed by atoms with Crippen molar-refractivity contribution in [2.24, 2.45) is 0 Å². The van der Waals surface area contributed by atoms with Crippen LogP contribution in [0.1, 0.15) is 26.3 Å². The van der Waals surface area contributed by atoms with E-state index < -0.39 is 23.1 Å². The highest BCUT2D eigenvalue weighted by atomic mass is 16.5. The van der Waals surface area contributed by atoms with Crippen molar-refractivity contribution >= 4 is 22.7 Å². The largest absolute Gasteiger partial charge is 0.506 e. The maximum absolute atomic E-state index is 12.6. The average Bonchev–Trinajstić information content (AvgIpc) is 2.60. The maximum atomic E-state index is 12.6. The van der Waals surface area contributed by atoms with Crippen molar-refractivity contribution < 1.29 is 23.8 Å². The fourth-order valence-electron chi connectivity index (χ4n) is 2.45. The zero-order valence-electron chi connectivity index (χ0n) is 12.6. The van der Waals surface area contributed by atoms with Gasteiger partial charge in [0.2, 0.25) is 0 Å². The number of carbonyl (C=O) groups excluding carboxylic acids is 2. The van der Waals surface area contributed by atoms with E-state index in [2.05, 4.69) is 4.74 Å². The fourth-order valence-corrected chi connectivity index (χ4v) is 2.45. The van der Waals surface area contributed by atoms with Gasteiger partial charge in [0.1, 0.15) is 11.3 Å². The van der Waals surface area contributed by atoms with Crippen molar-refractivity contribution in [3.8, 4) is 5.75 Å². The lowest BCUT2D eigenvalue weighted by molar-refractivity contribution is 0.0601. The predicted molar refractivity (Wildman–Crippen MR) is 85.4 cm³/mol. The van der Waals surface area contributed by atoms with Gasteiger partial charge < -0.3 is 14.3 Å². The van der Waals surface area contributed by atoms with Crippen LogP contribution < -0.4 is 5.63 Å². The van der Waals surface area contributed by atoms with Crippen LogP contribution in [0.15, 0.2) is 57.7 Å². The van der Waals surface area contributed by atoms with Crippen molar-refractivity contribution in [3.05, 3.63) is 75.6 Å². The third-order valence-corrected chi connectivity index (χ3v) is 3.57. The molecule has 0 amide bonds. The summed E-state index contributed by atoms with van der Waals surface area (Å²) in [5, 5.41) is 10.5. The molecule has 0 saturated carbocycles. The quantitative estimate of drug-likeness (QED) is 0.452. The summed E-state index contributed by atoms with van der Waals surface area (Å²) >= 11 is 0. The standard InChI is InChI=1S/C18H12O6/c1-23-18(22)12-9-14(19)24-13-8-7-11(17(21)15(12)13)16(20)10-5-3-2-4-6-10/h2-9,21H,1H3. The first-order valence-electron chi connectivity index (χ1n) is 7.01. The number of methoxy groups -OCH3 is 1. The van der Waals surface area contributed by atoms with Crippen molar-refractivity contribution in [3.63, 3.8) is 0 Å². The molecule has 120 valence electrons. The Balaban J connectivity index is 2.28. The molecule has 1 aromatic heterocycles. The summed E-state index contributed by atoms with van der Waals surface area (Å²) in [6.45, 7) is 0. The molecule has 0 aliphatic carbocycles. The minimum atomic E-state index is -0.812. The molecular formula is C18H12O6. The molecule has 1 N–H and O–H groups in total. The van der Waals surface area contributed by atoms with Crippen LogP contribution in [0.3, 0.4) is 0 Å². The molecular weight excluding hydrogens is 312 g/mol. The van der Waals surface area contributed by atoms with Gasteiger partial charge in [0.25, 0.3) is 0 Å². The molecule has 0 aliphatic heterocycles. The Hall–Kier alpha value is -3.41. The Morgan fingerprint density at radius 1 is 1.04 bits per heavy atom. The second-order valence-corrected chi connectivity index (χ2v) is 5.00. The van der Waals surface area contributed by atoms with Crippen LogP contribution in [0.2, 0.25) is 0 Å². The summed E-state index contributed by atoms with van der Waals surface area (Å²) in [5.41, 5.74) is -0.560. The van der Waals surface area contributed by atoms with Gasteiger partial charge in [-0.1, -0.05) is 30.3 Å². The molecule has 1 heterocycles. The average molecular weight is 324 g/mol. The molecule has 24 heavy (non-hydrogen) atoms. The van der Waals surface area contributed by atoms with Gasteiger partial charge in [-0.15, -0.1) is 0 Å². The van der Waals surface area contributed by atoms with E-state index in [1.165, 1.54) is 12.1 Å². The zero-order valence-corrected chi connectivity index (χ0v) is 12.6. The molecule has 3 aromatic rings. The first kappa shape index (κ1) is 15.5. The molecule has 0 radical (unpaired) electrons. The van der Waals surface area contributed by atoms with E-state index in [0.717, 1.165) is 13.2 Å². The van der Waals surface area contributed by atoms with Gasteiger partial charge in [-0.3, -0.25) is 4.79 Å². The molecule has 3 rings (SSSR count). The number of hydrogen-bond donors (Lipinski definition) is 1. The van der Waals surface area contributed by atoms with E-state index in [1.54, 1.807) is 30.3 Å². The smallest absolute Gasteiger partial charge is 0.339 e. The van der Waals surface area contributed by atoms with E-state index in [1.807, 2.05) is 0 Å². The van der Waals surface area contributed by atoms with Crippen molar-refractivity contribution in [2.75, 3.05) is 7.11 Å². The number of phenols is 1. The van der Waals surface area contributed by atoms with E-state index in [-0.39, 0.29) is 22.1 Å². The normalized spacial score (nSPS) is 10.5. The first-order chi connectivity index (χ1) is 11.5. The molecule has 0 aliphatic rings. The third-order valence-electron chi connectivity index (χ3n) is 3.57. The molecule has 6 heteroatoms. The highest BCUT2D eigenvalue weighted by molar-refractivity contribution is 6.15. The van der Waals surface area contributed by atoms with Gasteiger partial charge in [-0.2, -0.15) is 0 Å². The lowest BCUT2D eigenvalue weighted by atomic mass is 9.98. The highest BCUT2D eigenvalue weighted by Crippen LogP contribution is 2.32. The number of aromatic hydroxyl groups is 1. The molecule has 0 spiro atoms. The second-order valence-electron chi connectivity index (χ2n) is 5.00. The molecule has 0 saturated heterocycles. The number of fused-ring (bicyclic) bond motifs is 1. The van der Waals surface area contributed by atoms with Gasteiger partial charge in [0.15, 0.2) is 5.78 Å². The number of benzene rings is 2. The number of ketones is 1. The van der Waals surface area contributed by atoms with Gasteiger partial charge in [0, 0.05) is 11.6 Å². The Labute approximate surface area is 135 Å². The highest BCUT2D eigenvalue weighted by Gasteiger charge is 2.22. The number of esters is 1. The van der Waals surface area contributed by atoms with Gasteiger partial charge >= 0.3 is 11.6 Å². The van der Waals surface area contributed by atoms with Crippen LogP contribution in [0.4, 0.5) is 0 Å². The summed E-state index contributed by atoms with van der Waals surface area (Å²) in [5.74, 6) is -1.67. The molecule has 0 fully saturated rings. The number of phenolic OH excluding ortho intramolecular Hbond substituents is 1. The minimum absolute atomic E-state index is 0.00676. The number of rotatable bonds is 3. The van der Waals surface area contributed by atoms with E-state index in [4.69, 9.17) is 4.42 Å². The Morgan fingerprint density at radius 2 is 1.75 bits per heavy atom. The predicted octanol–water partition coefficient (Wildman–Crippen LogP) is 2.52. The number of ether oxygens (including phenoxy) is 1. The summed E-state index contributed by atoms with van der Waals surface area (Å²) in [7, 11) is 1.15. The Morgan fingerprint density at radius 3 is 2.42 bits per heavy atom. The zero-order chi connectivity index (χ0) is 17.3.